The zero-order valence-electron chi connectivity index (χ0n) is 16.6. The van der Waals surface area contributed by atoms with Gasteiger partial charge in [-0.05, 0) is 31.1 Å². The minimum atomic E-state index is -0.193. The van der Waals surface area contributed by atoms with Crippen molar-refractivity contribution >= 4 is 35.8 Å². The Morgan fingerprint density at radius 3 is 2.33 bits per heavy atom. The average Bonchev–Trinajstić information content (AvgIpc) is 3.25. The molecule has 1 N–H and O–H groups in total. The lowest BCUT2D eigenvalue weighted by Gasteiger charge is -2.37. The first-order chi connectivity index (χ1) is 12.8. The van der Waals surface area contributed by atoms with Crippen molar-refractivity contribution in [1.82, 2.24) is 15.1 Å². The minimum Gasteiger partial charge on any atom is -0.368 e. The number of halogens is 1. The Bertz CT molecular complexity index is 524. The van der Waals surface area contributed by atoms with Gasteiger partial charge in [-0.2, -0.15) is 0 Å². The Morgan fingerprint density at radius 2 is 1.70 bits per heavy atom. The number of carbonyl (C=O) groups is 1. The van der Waals surface area contributed by atoms with Gasteiger partial charge in [0.25, 0.3) is 5.91 Å². The number of aliphatic imine (C=N–C) groups is 1. The van der Waals surface area contributed by atoms with E-state index in [4.69, 9.17) is 4.74 Å². The maximum absolute atomic E-state index is 12.5. The molecule has 2 saturated heterocycles. The van der Waals surface area contributed by atoms with Crippen LogP contribution in [0.4, 0.5) is 0 Å². The van der Waals surface area contributed by atoms with Crippen molar-refractivity contribution in [2.45, 2.75) is 63.5 Å². The molecule has 3 unspecified atom stereocenters. The second kappa shape index (κ2) is 9.76. The standard InChI is InChI=1S/C20H34N4O2.HI/c1-21-20(22-17-14-16(17)15-6-3-2-4-7-15)24-11-9-23(10-12-24)19(25)18-8-5-13-26-18;/h15-18H,2-14H2,1H3,(H,21,22);1H. The predicted molar refractivity (Wildman–Crippen MR) is 118 cm³/mol. The molecular formula is C20H35IN4O2. The van der Waals surface area contributed by atoms with Crippen LogP contribution in [0.3, 0.4) is 0 Å². The Morgan fingerprint density at radius 1 is 1.00 bits per heavy atom. The van der Waals surface area contributed by atoms with Crippen LogP contribution in [-0.2, 0) is 9.53 Å². The van der Waals surface area contributed by atoms with Gasteiger partial charge in [-0.3, -0.25) is 9.79 Å². The van der Waals surface area contributed by atoms with Crippen molar-refractivity contribution in [2.75, 3.05) is 39.8 Å². The Kier molecular flexibility index (Phi) is 7.65. The van der Waals surface area contributed by atoms with Crippen molar-refractivity contribution in [3.63, 3.8) is 0 Å². The van der Waals surface area contributed by atoms with Gasteiger partial charge >= 0.3 is 0 Å². The third-order valence-corrected chi connectivity index (χ3v) is 6.72. The van der Waals surface area contributed by atoms with E-state index in [1.54, 1.807) is 0 Å². The number of carbonyl (C=O) groups excluding carboxylic acids is 1. The summed E-state index contributed by atoms with van der Waals surface area (Å²) in [5, 5.41) is 3.70. The first-order valence-electron chi connectivity index (χ1n) is 10.6. The van der Waals surface area contributed by atoms with Crippen LogP contribution >= 0.6 is 24.0 Å². The minimum absolute atomic E-state index is 0. The molecular weight excluding hydrogens is 455 g/mol. The fraction of sp³-hybridized carbons (Fsp3) is 0.900. The van der Waals surface area contributed by atoms with Crippen LogP contribution < -0.4 is 5.32 Å². The zero-order valence-corrected chi connectivity index (χ0v) is 18.9. The molecule has 2 aliphatic carbocycles. The summed E-state index contributed by atoms with van der Waals surface area (Å²) in [6.07, 6.45) is 10.1. The summed E-state index contributed by atoms with van der Waals surface area (Å²) in [5.41, 5.74) is 0. The first-order valence-corrected chi connectivity index (χ1v) is 10.6. The monoisotopic (exact) mass is 490 g/mol. The van der Waals surface area contributed by atoms with Gasteiger partial charge < -0.3 is 19.9 Å². The van der Waals surface area contributed by atoms with Crippen LogP contribution in [0.2, 0.25) is 0 Å². The van der Waals surface area contributed by atoms with E-state index in [9.17, 15) is 4.79 Å². The molecule has 3 atom stereocenters. The van der Waals surface area contributed by atoms with E-state index in [0.717, 1.165) is 63.4 Å². The van der Waals surface area contributed by atoms with Gasteiger partial charge in [-0.1, -0.05) is 32.1 Å². The van der Waals surface area contributed by atoms with Gasteiger partial charge in [0.2, 0.25) is 0 Å². The summed E-state index contributed by atoms with van der Waals surface area (Å²) in [5.74, 6) is 3.00. The fourth-order valence-electron chi connectivity index (χ4n) is 5.04. The summed E-state index contributed by atoms with van der Waals surface area (Å²) in [4.78, 5) is 21.3. The van der Waals surface area contributed by atoms with Crippen LogP contribution in [0.1, 0.15) is 51.4 Å². The van der Waals surface area contributed by atoms with Gasteiger partial charge in [-0.15, -0.1) is 24.0 Å². The molecule has 0 spiro atoms. The molecule has 6 nitrogen and oxygen atoms in total. The summed E-state index contributed by atoms with van der Waals surface area (Å²) in [6.45, 7) is 4.00. The van der Waals surface area contributed by atoms with Gasteiger partial charge in [-0.25, -0.2) is 0 Å². The maximum Gasteiger partial charge on any atom is 0.251 e. The highest BCUT2D eigenvalue weighted by Gasteiger charge is 2.44. The lowest BCUT2D eigenvalue weighted by Crippen LogP contribution is -2.55. The van der Waals surface area contributed by atoms with Crippen molar-refractivity contribution in [1.29, 1.82) is 0 Å². The van der Waals surface area contributed by atoms with E-state index in [-0.39, 0.29) is 36.0 Å². The van der Waals surface area contributed by atoms with Crippen molar-refractivity contribution in [3.05, 3.63) is 0 Å². The van der Waals surface area contributed by atoms with Crippen LogP contribution in [0.15, 0.2) is 4.99 Å². The van der Waals surface area contributed by atoms with Crippen LogP contribution in [0.5, 0.6) is 0 Å². The second-order valence-electron chi connectivity index (χ2n) is 8.41. The molecule has 0 aromatic rings. The summed E-state index contributed by atoms with van der Waals surface area (Å²) >= 11 is 0. The maximum atomic E-state index is 12.5. The van der Waals surface area contributed by atoms with Crippen molar-refractivity contribution in [2.24, 2.45) is 16.8 Å². The molecule has 4 rings (SSSR count). The van der Waals surface area contributed by atoms with Gasteiger partial charge in [0, 0.05) is 45.9 Å². The topological polar surface area (TPSA) is 57.2 Å². The van der Waals surface area contributed by atoms with E-state index >= 15 is 0 Å². The van der Waals surface area contributed by atoms with E-state index in [2.05, 4.69) is 15.2 Å². The average molecular weight is 490 g/mol. The SMILES string of the molecule is CN=C(NC1CC1C1CCCCC1)N1CCN(C(=O)C2CCCO2)CC1.I. The molecule has 2 aliphatic heterocycles. The first kappa shape index (κ1) is 21.1. The Hall–Kier alpha value is -0.570. The van der Waals surface area contributed by atoms with Gasteiger partial charge in [0.15, 0.2) is 5.96 Å². The number of piperazine rings is 1. The lowest BCUT2D eigenvalue weighted by atomic mass is 9.85. The number of hydrogen-bond acceptors (Lipinski definition) is 3. The van der Waals surface area contributed by atoms with Crippen molar-refractivity contribution < 1.29 is 9.53 Å². The van der Waals surface area contributed by atoms with E-state index in [1.165, 1.54) is 38.5 Å². The smallest absolute Gasteiger partial charge is 0.251 e. The normalized spacial score (nSPS) is 32.2. The number of rotatable bonds is 3. The molecule has 4 fully saturated rings. The summed E-state index contributed by atoms with van der Waals surface area (Å²) < 4.78 is 5.55. The van der Waals surface area contributed by atoms with Gasteiger partial charge in [0.1, 0.15) is 6.10 Å². The van der Waals surface area contributed by atoms with Crippen LogP contribution in [0, 0.1) is 11.8 Å². The number of guanidine groups is 1. The van der Waals surface area contributed by atoms with E-state index in [1.807, 2.05) is 11.9 Å². The highest BCUT2D eigenvalue weighted by atomic mass is 127. The number of hydrogen-bond donors (Lipinski definition) is 1. The molecule has 7 heteroatoms. The molecule has 2 saturated carbocycles. The largest absolute Gasteiger partial charge is 0.368 e. The highest BCUT2D eigenvalue weighted by Crippen LogP contribution is 2.44. The van der Waals surface area contributed by atoms with E-state index in [0.29, 0.717) is 6.04 Å². The van der Waals surface area contributed by atoms with Crippen molar-refractivity contribution in [3.8, 4) is 0 Å². The van der Waals surface area contributed by atoms with Crippen LogP contribution in [-0.4, -0.2) is 73.6 Å². The molecule has 4 aliphatic rings. The zero-order chi connectivity index (χ0) is 17.9. The molecule has 154 valence electrons. The molecule has 27 heavy (non-hydrogen) atoms. The summed E-state index contributed by atoms with van der Waals surface area (Å²) in [7, 11) is 1.88. The molecule has 1 amide bonds. The number of nitrogens with one attached hydrogen (secondary N) is 1. The Labute approximate surface area is 180 Å². The van der Waals surface area contributed by atoms with Gasteiger partial charge in [0.05, 0.1) is 0 Å². The Balaban J connectivity index is 0.00000210. The fourth-order valence-corrected chi connectivity index (χ4v) is 5.04. The quantitative estimate of drug-likeness (QED) is 0.375. The summed E-state index contributed by atoms with van der Waals surface area (Å²) in [6, 6.07) is 0.614. The number of ether oxygens (including phenoxy) is 1. The molecule has 0 bridgehead atoms. The highest BCUT2D eigenvalue weighted by molar-refractivity contribution is 14.0. The third kappa shape index (κ3) is 5.08. The number of nitrogens with zero attached hydrogens (tertiary/aromatic N) is 3. The third-order valence-electron chi connectivity index (χ3n) is 6.72. The molecule has 0 aromatic heterocycles. The second-order valence-corrected chi connectivity index (χ2v) is 8.41. The molecule has 0 radical (unpaired) electrons. The lowest BCUT2D eigenvalue weighted by molar-refractivity contribution is -0.142. The molecule has 2 heterocycles. The van der Waals surface area contributed by atoms with E-state index < -0.39 is 0 Å². The molecule has 0 aromatic carbocycles. The van der Waals surface area contributed by atoms with Crippen LogP contribution in [0.25, 0.3) is 0 Å². The predicted octanol–water partition coefficient (Wildman–Crippen LogP) is 2.47. The number of amides is 1.